The smallest absolute Gasteiger partial charge is 0.466 e. The van der Waals surface area contributed by atoms with Crippen molar-refractivity contribution in [2.75, 3.05) is 77.5 Å². The van der Waals surface area contributed by atoms with E-state index in [1.807, 2.05) is 13.2 Å². The molecule has 1 fully saturated rings. The Morgan fingerprint density at radius 1 is 0.836 bits per heavy atom. The molecule has 0 saturated carbocycles. The third kappa shape index (κ3) is 40.0. The quantitative estimate of drug-likeness (QED) is 0.00873. The highest BCUT2D eigenvalue weighted by Crippen LogP contribution is 2.66. The molecule has 1 rings (SSSR count). The Labute approximate surface area is 377 Å². The van der Waals surface area contributed by atoms with E-state index < -0.39 is 48.3 Å². The summed E-state index contributed by atoms with van der Waals surface area (Å²) in [6, 6.07) is -0.569. The van der Waals surface area contributed by atoms with Crippen molar-refractivity contribution in [3.8, 4) is 11.7 Å². The molecule has 0 aromatic heterocycles. The average molecular weight is 1010 g/mol. The lowest BCUT2D eigenvalue weighted by atomic mass is 9.71. The van der Waals surface area contributed by atoms with Gasteiger partial charge < -0.3 is 58.0 Å². The van der Waals surface area contributed by atoms with Gasteiger partial charge in [0.25, 0.3) is 7.28 Å². The summed E-state index contributed by atoms with van der Waals surface area (Å²) in [6.07, 6.45) is 5.14. The lowest BCUT2D eigenvalue weighted by molar-refractivity contribution is -0.143. The predicted molar refractivity (Wildman–Crippen MR) is 239 cm³/mol. The molecule has 61 heavy (non-hydrogen) atoms. The van der Waals surface area contributed by atoms with Crippen LogP contribution in [0.25, 0.3) is 0 Å². The standard InChI is InChI=1S/C21H39BO15P3S4.C12H25NO4/c1-21(2,3)44-43-15-31-11-7-8-12-32-20(23)9-5-6-10-22-19-13-17(33-16-42-41-4)18(35-19)14-34-39(27,28)37-40(29,30)36-38(24,25)26;1-3-5-8-15-10-11-16-9-6-13-12(14)17-7-4-2/h17-19H,5,7-9,11-16H2,1-4H3,(H,27,28)(H,29,30)(H2,24,25,26);3-11H2,1-2H3,(H,13,14)/t17-,18+,19+;/m0./s1. The number of rotatable bonds is 33. The maximum Gasteiger partial charge on any atom is 0.490 e. The monoisotopic (exact) mass is 1010 g/mol. The van der Waals surface area contributed by atoms with Gasteiger partial charge in [-0.25, -0.2) is 18.5 Å². The number of carbonyl (C=O) groups excluding carboxylic acids is 2. The molecule has 0 aromatic carbocycles. The largest absolute Gasteiger partial charge is 0.490 e. The van der Waals surface area contributed by atoms with Gasteiger partial charge in [0.05, 0.1) is 52.2 Å². The summed E-state index contributed by atoms with van der Waals surface area (Å²) < 4.78 is 84.3. The van der Waals surface area contributed by atoms with E-state index in [4.69, 9.17) is 47.5 Å². The summed E-state index contributed by atoms with van der Waals surface area (Å²) in [7, 11) is -8.64. The zero-order chi connectivity index (χ0) is 46.0. The number of nitrogens with one attached hydrogen (secondary N) is 1. The first kappa shape index (κ1) is 61.0. The number of unbranched alkanes of at least 4 members (excludes halogenated alkanes) is 2. The molecule has 0 spiro atoms. The molecule has 1 radical (unpaired) electrons. The maximum atomic E-state index is 12.1. The number of amides is 1. The minimum Gasteiger partial charge on any atom is -0.466 e. The van der Waals surface area contributed by atoms with Gasteiger partial charge in [0, 0.05) is 36.9 Å². The maximum absolute atomic E-state index is 12.1. The molecule has 0 aliphatic carbocycles. The first-order valence-electron chi connectivity index (χ1n) is 19.3. The van der Waals surface area contributed by atoms with E-state index in [0.717, 1.165) is 32.3 Å². The van der Waals surface area contributed by atoms with Gasteiger partial charge in [0.1, 0.15) is 18.0 Å². The van der Waals surface area contributed by atoms with Crippen molar-refractivity contribution in [1.29, 1.82) is 0 Å². The number of phosphoric ester groups is 1. The summed E-state index contributed by atoms with van der Waals surface area (Å²) in [5, 5.41) is 2.60. The highest BCUT2D eigenvalue weighted by atomic mass is 33.1. The molecule has 2 unspecified atom stereocenters. The third-order valence-electron chi connectivity index (χ3n) is 6.67. The van der Waals surface area contributed by atoms with Crippen LogP contribution in [0.2, 0.25) is 0 Å². The van der Waals surface area contributed by atoms with Crippen LogP contribution in [0.15, 0.2) is 0 Å². The third-order valence-corrected chi connectivity index (χ3v) is 15.0. The zero-order valence-electron chi connectivity index (χ0n) is 35.6. The van der Waals surface area contributed by atoms with Gasteiger partial charge in [-0.15, -0.1) is 5.92 Å². The van der Waals surface area contributed by atoms with Crippen LogP contribution in [-0.4, -0.2) is 139 Å². The first-order chi connectivity index (χ1) is 28.7. The van der Waals surface area contributed by atoms with E-state index >= 15 is 0 Å². The summed E-state index contributed by atoms with van der Waals surface area (Å²) in [5.41, 5.74) is 0. The lowest BCUT2D eigenvalue weighted by Gasteiger charge is -2.21. The molecule has 1 saturated heterocycles. The predicted octanol–water partition coefficient (Wildman–Crippen LogP) is 6.68. The van der Waals surface area contributed by atoms with Gasteiger partial charge in [-0.1, -0.05) is 84.2 Å². The first-order valence-corrected chi connectivity index (χ1v) is 28.9. The van der Waals surface area contributed by atoms with Crippen LogP contribution < -0.4 is 5.32 Å². The Morgan fingerprint density at radius 2 is 1.52 bits per heavy atom. The van der Waals surface area contributed by atoms with E-state index in [1.54, 1.807) is 21.6 Å². The minimum absolute atomic E-state index is 0.115. The second-order valence-corrected chi connectivity index (χ2v) is 23.3. The normalized spacial score (nSPS) is 18.4. The number of hydrogen-bond donors (Lipinski definition) is 5. The molecular weight excluding hydrogens is 946 g/mol. The van der Waals surface area contributed by atoms with E-state index in [-0.39, 0.29) is 35.6 Å². The van der Waals surface area contributed by atoms with Crippen molar-refractivity contribution < 1.29 is 89.2 Å². The number of phosphoric acid groups is 3. The Hall–Kier alpha value is -0.0251. The average Bonchev–Trinajstić information content (AvgIpc) is 3.54. The fourth-order valence-corrected chi connectivity index (χ4v) is 9.91. The molecule has 1 aliphatic rings. The number of carbonyl (C=O) groups is 2. The van der Waals surface area contributed by atoms with Crippen LogP contribution >= 0.6 is 66.6 Å². The van der Waals surface area contributed by atoms with Crippen molar-refractivity contribution in [2.45, 2.75) is 109 Å². The number of alkyl carbamates (subject to hydrolysis) is 1. The highest BCUT2D eigenvalue weighted by Gasteiger charge is 2.43. The molecule has 5 N–H and O–H groups in total. The van der Waals surface area contributed by atoms with Crippen molar-refractivity contribution in [3.05, 3.63) is 0 Å². The second kappa shape index (κ2) is 36.1. The van der Waals surface area contributed by atoms with Crippen LogP contribution in [0.5, 0.6) is 0 Å². The number of hydrogen-bond acceptors (Lipinski definition) is 19. The van der Waals surface area contributed by atoms with Crippen LogP contribution in [0, 0.1) is 11.7 Å². The summed E-state index contributed by atoms with van der Waals surface area (Å²) in [5.74, 6) is 6.14. The Balaban J connectivity index is 0.00000177. The SMILES string of the molecule is CCCCOCCOCCNC(=O)OCCC.CSSCO[C@H]1C[C@H]([B]C#CCCC(=O)OCCCCOCSSC(C)(C)C)O[C@@H]1COP(=O)(O)OP(=O)(O)OP(=O)(O)O. The van der Waals surface area contributed by atoms with E-state index in [1.165, 1.54) is 28.9 Å². The molecule has 1 amide bonds. The molecule has 357 valence electrons. The molecule has 20 nitrogen and oxygen atoms in total. The van der Waals surface area contributed by atoms with Crippen LogP contribution in [0.4, 0.5) is 4.79 Å². The van der Waals surface area contributed by atoms with Gasteiger partial charge in [-0.2, -0.15) is 14.4 Å². The molecule has 1 heterocycles. The van der Waals surface area contributed by atoms with Crippen LogP contribution in [-0.2, 0) is 64.8 Å². The second-order valence-electron chi connectivity index (χ2n) is 13.3. The minimum atomic E-state index is -5.64. The molecule has 0 bridgehead atoms. The Bertz CT molecular complexity index is 1390. The molecule has 0 aromatic rings. The van der Waals surface area contributed by atoms with Gasteiger partial charge in [-0.05, 0) is 38.4 Å². The van der Waals surface area contributed by atoms with Crippen molar-refractivity contribution in [3.63, 3.8) is 0 Å². The van der Waals surface area contributed by atoms with Crippen LogP contribution in [0.1, 0.15) is 86.0 Å². The van der Waals surface area contributed by atoms with Gasteiger partial charge in [0.2, 0.25) is 0 Å². The molecule has 1 aliphatic heterocycles. The Kier molecular flexibility index (Phi) is 36.1. The van der Waals surface area contributed by atoms with E-state index in [2.05, 4.69) is 53.4 Å². The molecular formula is C33H64BNO19P3S4. The Morgan fingerprint density at radius 3 is 2.18 bits per heavy atom. The summed E-state index contributed by atoms with van der Waals surface area (Å²) >= 11 is 0. The van der Waals surface area contributed by atoms with Crippen molar-refractivity contribution in [1.82, 2.24) is 5.32 Å². The zero-order valence-corrected chi connectivity index (χ0v) is 41.6. The van der Waals surface area contributed by atoms with Crippen LogP contribution in [0.3, 0.4) is 0 Å². The van der Waals surface area contributed by atoms with E-state index in [9.17, 15) is 33.1 Å². The fraction of sp³-hybridized carbons (Fsp3) is 0.879. The van der Waals surface area contributed by atoms with Gasteiger partial charge >= 0.3 is 35.5 Å². The topological polar surface area (TPSA) is 271 Å². The summed E-state index contributed by atoms with van der Waals surface area (Å²) in [6.45, 7) is 14.1. The summed E-state index contributed by atoms with van der Waals surface area (Å²) in [4.78, 5) is 59.2. The molecule has 5 atom stereocenters. The van der Waals surface area contributed by atoms with Gasteiger partial charge in [-0.3, -0.25) is 9.32 Å². The van der Waals surface area contributed by atoms with Gasteiger partial charge in [0.15, 0.2) is 0 Å². The highest BCUT2D eigenvalue weighted by molar-refractivity contribution is 8.77. The fourth-order valence-electron chi connectivity index (χ4n) is 4.10. The van der Waals surface area contributed by atoms with E-state index in [0.29, 0.717) is 65.0 Å². The van der Waals surface area contributed by atoms with Crippen molar-refractivity contribution >= 4 is 86.0 Å². The number of ether oxygens (including phenoxy) is 7. The van der Waals surface area contributed by atoms with Crippen molar-refractivity contribution in [2.24, 2.45) is 0 Å². The number of esters is 1. The molecule has 28 heteroatoms. The lowest BCUT2D eigenvalue weighted by Crippen LogP contribution is -2.29.